The van der Waals surface area contributed by atoms with Crippen LogP contribution in [0, 0.1) is 12.3 Å². The van der Waals surface area contributed by atoms with Gasteiger partial charge in [-0.2, -0.15) is 31.4 Å². The van der Waals surface area contributed by atoms with Gasteiger partial charge in [-0.25, -0.2) is 9.50 Å². The first-order valence-corrected chi connectivity index (χ1v) is 8.66. The zero-order valence-electron chi connectivity index (χ0n) is 15.3. The van der Waals surface area contributed by atoms with Crippen LogP contribution in [0.5, 0.6) is 0 Å². The van der Waals surface area contributed by atoms with Crippen LogP contribution in [0.4, 0.5) is 26.3 Å². The number of alkyl halides is 6. The van der Waals surface area contributed by atoms with Gasteiger partial charge in [-0.1, -0.05) is 18.2 Å². The van der Waals surface area contributed by atoms with E-state index >= 15 is 0 Å². The summed E-state index contributed by atoms with van der Waals surface area (Å²) in [6, 6.07) is 9.16. The topological polar surface area (TPSA) is 43.1 Å². The maximum absolute atomic E-state index is 13.8. The van der Waals surface area contributed by atoms with Crippen LogP contribution in [0.15, 0.2) is 54.7 Å². The molecule has 0 bridgehead atoms. The van der Waals surface area contributed by atoms with Gasteiger partial charge in [-0.05, 0) is 36.3 Å². The van der Waals surface area contributed by atoms with Crippen LogP contribution < -0.4 is 0 Å². The van der Waals surface area contributed by atoms with E-state index in [0.717, 1.165) is 24.3 Å². The van der Waals surface area contributed by atoms with Crippen molar-refractivity contribution < 1.29 is 26.3 Å². The molecular formula is C21H10F6N4. The molecule has 0 amide bonds. The minimum atomic E-state index is -4.83. The molecule has 4 nitrogen and oxygen atoms in total. The van der Waals surface area contributed by atoms with E-state index < -0.39 is 23.6 Å². The van der Waals surface area contributed by atoms with Crippen molar-refractivity contribution in [1.82, 2.24) is 19.6 Å². The molecule has 3 heterocycles. The third-order valence-electron chi connectivity index (χ3n) is 4.45. The fraction of sp³-hybridized carbons (Fsp3) is 0.0952. The van der Waals surface area contributed by atoms with Crippen LogP contribution in [0.2, 0.25) is 0 Å². The van der Waals surface area contributed by atoms with Crippen molar-refractivity contribution in [2.75, 3.05) is 0 Å². The minimum absolute atomic E-state index is 0.0661. The van der Waals surface area contributed by atoms with E-state index in [1.165, 1.54) is 12.3 Å². The van der Waals surface area contributed by atoms with Gasteiger partial charge < -0.3 is 0 Å². The van der Waals surface area contributed by atoms with E-state index in [-0.39, 0.29) is 33.9 Å². The summed E-state index contributed by atoms with van der Waals surface area (Å²) < 4.78 is 80.4. The highest BCUT2D eigenvalue weighted by atomic mass is 19.4. The van der Waals surface area contributed by atoms with E-state index in [9.17, 15) is 26.3 Å². The molecule has 0 spiro atoms. The maximum Gasteiger partial charge on any atom is 0.433 e. The van der Waals surface area contributed by atoms with E-state index in [4.69, 9.17) is 6.42 Å². The molecule has 0 aliphatic heterocycles. The van der Waals surface area contributed by atoms with Gasteiger partial charge >= 0.3 is 12.4 Å². The number of rotatable bonds is 2. The van der Waals surface area contributed by atoms with Crippen LogP contribution in [0.3, 0.4) is 0 Å². The molecule has 4 rings (SSSR count). The van der Waals surface area contributed by atoms with Gasteiger partial charge in [0.05, 0.1) is 22.5 Å². The zero-order chi connectivity index (χ0) is 22.4. The first kappa shape index (κ1) is 20.4. The molecule has 1 aromatic carbocycles. The Bertz CT molecular complexity index is 1300. The smallest absolute Gasteiger partial charge is 0.256 e. The molecule has 0 fully saturated rings. The quantitative estimate of drug-likeness (QED) is 0.311. The molecule has 0 aliphatic rings. The molecule has 0 aliphatic carbocycles. The van der Waals surface area contributed by atoms with Crippen LogP contribution in [0.25, 0.3) is 28.2 Å². The number of terminal acetylenes is 1. The van der Waals surface area contributed by atoms with Crippen molar-refractivity contribution in [2.24, 2.45) is 0 Å². The molecule has 0 unspecified atom stereocenters. The van der Waals surface area contributed by atoms with Gasteiger partial charge in [-0.15, -0.1) is 6.42 Å². The molecule has 0 atom stereocenters. The normalized spacial score (nSPS) is 12.2. The fourth-order valence-corrected chi connectivity index (χ4v) is 3.04. The number of aromatic nitrogens is 4. The van der Waals surface area contributed by atoms with Gasteiger partial charge in [0, 0.05) is 11.8 Å². The second kappa shape index (κ2) is 7.12. The summed E-state index contributed by atoms with van der Waals surface area (Å²) in [6.07, 6.45) is -2.53. The number of fused-ring (bicyclic) bond motifs is 1. The molecule has 4 aromatic rings. The number of hydrogen-bond acceptors (Lipinski definition) is 3. The summed E-state index contributed by atoms with van der Waals surface area (Å²) in [5.41, 5.74) is -2.16. The predicted molar refractivity (Wildman–Crippen MR) is 99.6 cm³/mol. The number of benzene rings is 1. The summed E-state index contributed by atoms with van der Waals surface area (Å²) in [5, 5.41) is 3.86. The highest BCUT2D eigenvalue weighted by Gasteiger charge is 2.36. The highest BCUT2D eigenvalue weighted by molar-refractivity contribution is 5.81. The lowest BCUT2D eigenvalue weighted by atomic mass is 10.1. The lowest BCUT2D eigenvalue weighted by Gasteiger charge is -2.12. The predicted octanol–water partition coefficient (Wildman–Crippen LogP) is 5.48. The third kappa shape index (κ3) is 3.70. The Hall–Kier alpha value is -3.87. The van der Waals surface area contributed by atoms with E-state index in [2.05, 4.69) is 21.0 Å². The van der Waals surface area contributed by atoms with Crippen molar-refractivity contribution in [3.8, 4) is 34.9 Å². The van der Waals surface area contributed by atoms with Crippen molar-refractivity contribution in [2.45, 2.75) is 12.4 Å². The van der Waals surface area contributed by atoms with E-state index in [1.54, 1.807) is 12.1 Å². The standard InChI is InChI=1S/C21H10F6N4/c1-2-14-18(15-5-3-4-10-28-15)19-29-16(11-17(21(25,26)27)31(19)30-14)12-6-8-13(9-7-12)20(22,23)24/h1,3-11H. The Kier molecular flexibility index (Phi) is 4.69. The summed E-state index contributed by atoms with van der Waals surface area (Å²) in [4.78, 5) is 8.36. The maximum atomic E-state index is 13.8. The fourth-order valence-electron chi connectivity index (χ4n) is 3.04. The Morgan fingerprint density at radius 3 is 2.13 bits per heavy atom. The first-order chi connectivity index (χ1) is 14.6. The zero-order valence-corrected chi connectivity index (χ0v) is 15.3. The highest BCUT2D eigenvalue weighted by Crippen LogP contribution is 2.36. The number of nitrogens with zero attached hydrogens (tertiary/aromatic N) is 4. The average molecular weight is 432 g/mol. The average Bonchev–Trinajstić information content (AvgIpc) is 3.11. The SMILES string of the molecule is C#Cc1nn2c(C(F)(F)F)cc(-c3ccc(C(F)(F)F)cc3)nc2c1-c1ccccn1. The Morgan fingerprint density at radius 1 is 0.871 bits per heavy atom. The minimum Gasteiger partial charge on any atom is -0.256 e. The van der Waals surface area contributed by atoms with Gasteiger partial charge in [-0.3, -0.25) is 4.98 Å². The van der Waals surface area contributed by atoms with Crippen LogP contribution in [-0.2, 0) is 12.4 Å². The van der Waals surface area contributed by atoms with Crippen LogP contribution in [-0.4, -0.2) is 19.6 Å². The third-order valence-corrected chi connectivity index (χ3v) is 4.45. The molecular weight excluding hydrogens is 422 g/mol. The Balaban J connectivity index is 2.01. The molecule has 0 N–H and O–H groups in total. The molecule has 0 saturated heterocycles. The molecule has 31 heavy (non-hydrogen) atoms. The molecule has 156 valence electrons. The first-order valence-electron chi connectivity index (χ1n) is 8.66. The summed E-state index contributed by atoms with van der Waals surface area (Å²) in [5.74, 6) is 2.24. The lowest BCUT2D eigenvalue weighted by molar-refractivity contribution is -0.142. The second-order valence-electron chi connectivity index (χ2n) is 6.42. The largest absolute Gasteiger partial charge is 0.433 e. The summed E-state index contributed by atoms with van der Waals surface area (Å²) >= 11 is 0. The lowest BCUT2D eigenvalue weighted by Crippen LogP contribution is -2.14. The number of pyridine rings is 1. The van der Waals surface area contributed by atoms with Crippen LogP contribution in [0.1, 0.15) is 17.0 Å². The summed E-state index contributed by atoms with van der Waals surface area (Å²) in [6.45, 7) is 0. The van der Waals surface area contributed by atoms with Gasteiger partial charge in [0.25, 0.3) is 0 Å². The number of hydrogen-bond donors (Lipinski definition) is 0. The summed E-state index contributed by atoms with van der Waals surface area (Å²) in [7, 11) is 0. The monoisotopic (exact) mass is 432 g/mol. The van der Waals surface area contributed by atoms with E-state index in [0.29, 0.717) is 10.6 Å². The molecule has 3 aromatic heterocycles. The Labute approximate surface area is 171 Å². The second-order valence-corrected chi connectivity index (χ2v) is 6.42. The molecule has 0 radical (unpaired) electrons. The molecule has 0 saturated carbocycles. The van der Waals surface area contributed by atoms with E-state index in [1.807, 2.05) is 0 Å². The Morgan fingerprint density at radius 2 is 1.58 bits per heavy atom. The van der Waals surface area contributed by atoms with Crippen molar-refractivity contribution in [3.63, 3.8) is 0 Å². The van der Waals surface area contributed by atoms with Crippen LogP contribution >= 0.6 is 0 Å². The molecule has 10 heteroatoms. The van der Waals surface area contributed by atoms with Crippen molar-refractivity contribution in [3.05, 3.63) is 71.7 Å². The number of halogens is 6. The van der Waals surface area contributed by atoms with Crippen molar-refractivity contribution in [1.29, 1.82) is 0 Å². The van der Waals surface area contributed by atoms with Crippen molar-refractivity contribution >= 4 is 5.65 Å². The van der Waals surface area contributed by atoms with Gasteiger partial charge in [0.1, 0.15) is 5.69 Å². The van der Waals surface area contributed by atoms with Gasteiger partial charge in [0.15, 0.2) is 11.3 Å². The van der Waals surface area contributed by atoms with Gasteiger partial charge in [0.2, 0.25) is 0 Å².